The van der Waals surface area contributed by atoms with Gasteiger partial charge in [-0.15, -0.1) is 10.2 Å². The number of carbonyl (C=O) groups excluding carboxylic acids is 2. The number of anilines is 1. The van der Waals surface area contributed by atoms with E-state index in [1.54, 1.807) is 38.1 Å². The molecule has 2 aromatic carbocycles. The van der Waals surface area contributed by atoms with Crippen LogP contribution in [0.25, 0.3) is 11.4 Å². The number of hydrogen-bond donors (Lipinski definition) is 1. The Hall–Kier alpha value is -3.55. The lowest BCUT2D eigenvalue weighted by Crippen LogP contribution is -2.20. The summed E-state index contributed by atoms with van der Waals surface area (Å²) >= 11 is 0. The molecule has 0 saturated heterocycles. The first-order chi connectivity index (χ1) is 13.4. The van der Waals surface area contributed by atoms with Gasteiger partial charge in [0.2, 0.25) is 11.7 Å². The highest BCUT2D eigenvalue weighted by molar-refractivity contribution is 5.93. The molecule has 1 N–H and O–H groups in total. The van der Waals surface area contributed by atoms with Crippen molar-refractivity contribution >= 4 is 17.6 Å². The molecule has 1 heterocycles. The van der Waals surface area contributed by atoms with Crippen molar-refractivity contribution in [3.63, 3.8) is 0 Å². The van der Waals surface area contributed by atoms with Gasteiger partial charge in [0.1, 0.15) is 6.54 Å². The quantitative estimate of drug-likeness (QED) is 0.661. The highest BCUT2D eigenvalue weighted by Crippen LogP contribution is 2.18. The number of nitrogens with zero attached hydrogens (tertiary/aromatic N) is 4. The van der Waals surface area contributed by atoms with Crippen molar-refractivity contribution in [1.82, 2.24) is 20.2 Å². The lowest BCUT2D eigenvalue weighted by molar-refractivity contribution is -0.117. The van der Waals surface area contributed by atoms with Crippen molar-refractivity contribution in [3.8, 4) is 11.4 Å². The van der Waals surface area contributed by atoms with Gasteiger partial charge in [-0.3, -0.25) is 4.79 Å². The molecule has 144 valence electrons. The van der Waals surface area contributed by atoms with E-state index in [9.17, 15) is 9.59 Å². The zero-order chi connectivity index (χ0) is 20.1. The van der Waals surface area contributed by atoms with E-state index in [0.29, 0.717) is 17.1 Å². The number of aryl methyl sites for hydroxylation is 1. The van der Waals surface area contributed by atoms with Gasteiger partial charge in [0.25, 0.3) is 0 Å². The maximum atomic E-state index is 12.2. The Bertz CT molecular complexity index is 980. The van der Waals surface area contributed by atoms with Gasteiger partial charge in [0.15, 0.2) is 0 Å². The zero-order valence-corrected chi connectivity index (χ0v) is 15.9. The van der Waals surface area contributed by atoms with E-state index in [2.05, 4.69) is 20.7 Å². The van der Waals surface area contributed by atoms with Gasteiger partial charge in [0, 0.05) is 11.3 Å². The monoisotopic (exact) mass is 379 g/mol. The van der Waals surface area contributed by atoms with Gasteiger partial charge in [0.05, 0.1) is 11.7 Å². The second-order valence-corrected chi connectivity index (χ2v) is 6.54. The van der Waals surface area contributed by atoms with E-state index in [-0.39, 0.29) is 18.6 Å². The van der Waals surface area contributed by atoms with Crippen LogP contribution in [0.15, 0.2) is 48.5 Å². The summed E-state index contributed by atoms with van der Waals surface area (Å²) in [4.78, 5) is 25.3. The second kappa shape index (κ2) is 8.43. The minimum absolute atomic E-state index is 0.0734. The third-order valence-corrected chi connectivity index (χ3v) is 3.87. The minimum atomic E-state index is -0.400. The van der Waals surface area contributed by atoms with Crippen LogP contribution in [-0.4, -0.2) is 38.2 Å². The van der Waals surface area contributed by atoms with Crippen molar-refractivity contribution < 1.29 is 14.3 Å². The van der Waals surface area contributed by atoms with E-state index in [0.717, 1.165) is 11.1 Å². The largest absolute Gasteiger partial charge is 0.459 e. The average Bonchev–Trinajstić information content (AvgIpc) is 3.10. The van der Waals surface area contributed by atoms with E-state index in [1.807, 2.05) is 31.2 Å². The van der Waals surface area contributed by atoms with Crippen molar-refractivity contribution in [3.05, 3.63) is 59.7 Å². The maximum absolute atomic E-state index is 12.2. The van der Waals surface area contributed by atoms with Crippen LogP contribution in [0.2, 0.25) is 0 Å². The Balaban J connectivity index is 1.60. The van der Waals surface area contributed by atoms with Gasteiger partial charge >= 0.3 is 5.97 Å². The summed E-state index contributed by atoms with van der Waals surface area (Å²) in [6.07, 6.45) is -0.188. The molecule has 1 amide bonds. The summed E-state index contributed by atoms with van der Waals surface area (Å²) in [6, 6.07) is 14.2. The number of nitrogens with one attached hydrogen (secondary N) is 1. The molecule has 8 nitrogen and oxygen atoms in total. The fraction of sp³-hybridized carbons (Fsp3) is 0.250. The molecule has 0 atom stereocenters. The van der Waals surface area contributed by atoms with Crippen LogP contribution in [0, 0.1) is 6.92 Å². The molecule has 0 bridgehead atoms. The molecule has 0 aliphatic heterocycles. The molecule has 0 fully saturated rings. The van der Waals surface area contributed by atoms with Crippen molar-refractivity contribution in [2.24, 2.45) is 0 Å². The molecule has 0 spiro atoms. The van der Waals surface area contributed by atoms with E-state index in [1.165, 1.54) is 4.80 Å². The summed E-state index contributed by atoms with van der Waals surface area (Å²) in [5.41, 5.74) is 2.89. The Morgan fingerprint density at radius 3 is 2.50 bits per heavy atom. The Morgan fingerprint density at radius 1 is 1.11 bits per heavy atom. The fourth-order valence-corrected chi connectivity index (χ4v) is 2.54. The zero-order valence-electron chi connectivity index (χ0n) is 15.9. The second-order valence-electron chi connectivity index (χ2n) is 6.54. The van der Waals surface area contributed by atoms with Crippen LogP contribution in [0.5, 0.6) is 0 Å². The summed E-state index contributed by atoms with van der Waals surface area (Å²) in [5, 5.41) is 14.9. The van der Waals surface area contributed by atoms with Crippen molar-refractivity contribution in [2.45, 2.75) is 33.4 Å². The molecular formula is C20H21N5O3. The Morgan fingerprint density at radius 2 is 1.82 bits per heavy atom. The third kappa shape index (κ3) is 4.79. The number of amides is 1. The summed E-state index contributed by atoms with van der Waals surface area (Å²) in [7, 11) is 0. The normalized spacial score (nSPS) is 10.7. The number of aromatic nitrogens is 4. The first-order valence-corrected chi connectivity index (χ1v) is 8.87. The molecule has 3 rings (SSSR count). The SMILES string of the molecule is Cc1ccccc1-c1nnn(CC(=O)Nc2ccc(C(=O)OC(C)C)cc2)n1. The van der Waals surface area contributed by atoms with E-state index < -0.39 is 5.97 Å². The summed E-state index contributed by atoms with van der Waals surface area (Å²) in [6.45, 7) is 5.46. The number of carbonyl (C=O) groups is 2. The standard InChI is InChI=1S/C20H21N5O3/c1-13(2)28-20(27)15-8-10-16(11-9-15)21-18(26)12-25-23-19(22-24-25)17-7-5-4-6-14(17)3/h4-11,13H,12H2,1-3H3,(H,21,26). The van der Waals surface area contributed by atoms with Crippen LogP contribution in [0.4, 0.5) is 5.69 Å². The van der Waals surface area contributed by atoms with Gasteiger partial charge in [-0.2, -0.15) is 4.80 Å². The molecule has 8 heteroatoms. The maximum Gasteiger partial charge on any atom is 0.338 e. The van der Waals surface area contributed by atoms with Crippen LogP contribution in [-0.2, 0) is 16.1 Å². The topological polar surface area (TPSA) is 99.0 Å². The Kier molecular flexibility index (Phi) is 5.78. The molecule has 1 aromatic heterocycles. The number of esters is 1. The number of hydrogen-bond acceptors (Lipinski definition) is 6. The van der Waals surface area contributed by atoms with Crippen LogP contribution in [0.3, 0.4) is 0 Å². The summed E-state index contributed by atoms with van der Waals surface area (Å²) < 4.78 is 5.13. The fourth-order valence-electron chi connectivity index (χ4n) is 2.54. The van der Waals surface area contributed by atoms with E-state index in [4.69, 9.17) is 4.74 Å². The first-order valence-electron chi connectivity index (χ1n) is 8.87. The van der Waals surface area contributed by atoms with Crippen molar-refractivity contribution in [2.75, 3.05) is 5.32 Å². The minimum Gasteiger partial charge on any atom is -0.459 e. The molecule has 3 aromatic rings. The molecule has 28 heavy (non-hydrogen) atoms. The van der Waals surface area contributed by atoms with Gasteiger partial charge in [-0.05, 0) is 55.8 Å². The predicted molar refractivity (Wildman–Crippen MR) is 104 cm³/mol. The number of benzene rings is 2. The van der Waals surface area contributed by atoms with Crippen LogP contribution >= 0.6 is 0 Å². The molecule has 0 aliphatic rings. The lowest BCUT2D eigenvalue weighted by Gasteiger charge is -2.09. The van der Waals surface area contributed by atoms with Crippen LogP contribution < -0.4 is 5.32 Å². The highest BCUT2D eigenvalue weighted by atomic mass is 16.5. The molecule has 0 radical (unpaired) electrons. The average molecular weight is 379 g/mol. The molecule has 0 unspecified atom stereocenters. The first kappa shape index (κ1) is 19.2. The highest BCUT2D eigenvalue weighted by Gasteiger charge is 2.12. The van der Waals surface area contributed by atoms with E-state index >= 15 is 0 Å². The predicted octanol–water partition coefficient (Wildman–Crippen LogP) is 2.85. The van der Waals surface area contributed by atoms with Crippen LogP contribution in [0.1, 0.15) is 29.8 Å². The third-order valence-electron chi connectivity index (χ3n) is 3.87. The molecular weight excluding hydrogens is 358 g/mol. The van der Waals surface area contributed by atoms with Gasteiger partial charge in [-0.25, -0.2) is 4.79 Å². The van der Waals surface area contributed by atoms with Gasteiger partial charge in [-0.1, -0.05) is 24.3 Å². The number of rotatable bonds is 6. The number of tetrazole rings is 1. The smallest absolute Gasteiger partial charge is 0.338 e. The Labute approximate surface area is 162 Å². The lowest BCUT2D eigenvalue weighted by atomic mass is 10.1. The molecule has 0 saturated carbocycles. The van der Waals surface area contributed by atoms with Gasteiger partial charge < -0.3 is 10.1 Å². The molecule has 0 aliphatic carbocycles. The summed E-state index contributed by atoms with van der Waals surface area (Å²) in [5.74, 6) is -0.228. The number of ether oxygens (including phenoxy) is 1. The van der Waals surface area contributed by atoms with Crippen molar-refractivity contribution in [1.29, 1.82) is 0 Å².